The van der Waals surface area contributed by atoms with Crippen LogP contribution < -0.4 is 31.8 Å². The number of aromatic nitrogens is 2. The van der Waals surface area contributed by atoms with Gasteiger partial charge in [-0.1, -0.05) is 206 Å². The minimum absolute atomic E-state index is 0.914. The van der Waals surface area contributed by atoms with E-state index >= 15 is 0 Å². The molecule has 0 radical (unpaired) electrons. The van der Waals surface area contributed by atoms with Crippen molar-refractivity contribution in [3.05, 3.63) is 206 Å². The lowest BCUT2D eigenvalue weighted by Crippen LogP contribution is -2.25. The SMILES string of the molecule is S=P(c1ccccc1)(c1ccccc1)c1ccc2c3ccc(P(=S)(c4ccccc4)c4ccccc4)cc3n3c4cc(-c5ccccc5)ccc4nc3c2c1. The van der Waals surface area contributed by atoms with Crippen LogP contribution in [-0.4, -0.2) is 9.38 Å². The summed E-state index contributed by atoms with van der Waals surface area (Å²) in [6, 6.07) is 68.7. The van der Waals surface area contributed by atoms with E-state index in [-0.39, 0.29) is 0 Å². The van der Waals surface area contributed by atoms with Gasteiger partial charge in [0.05, 0.1) is 16.6 Å². The second kappa shape index (κ2) is 13.7. The summed E-state index contributed by atoms with van der Waals surface area (Å²) in [7, 11) is 0. The Balaban J connectivity index is 1.31. The van der Waals surface area contributed by atoms with Gasteiger partial charge < -0.3 is 0 Å². The predicted molar refractivity (Wildman–Crippen MR) is 245 cm³/mol. The number of fused-ring (bicyclic) bond motifs is 8. The first kappa shape index (κ1) is 34.1. The second-order valence-corrected chi connectivity index (χ2v) is 22.7. The normalized spacial score (nSPS) is 12.1. The van der Waals surface area contributed by atoms with Crippen LogP contribution in [0.3, 0.4) is 0 Å². The van der Waals surface area contributed by atoms with Gasteiger partial charge in [0.15, 0.2) is 0 Å². The molecule has 0 saturated carbocycles. The fraction of sp³-hybridized carbons (Fsp3) is 0. The zero-order chi connectivity index (χ0) is 37.0. The average molecular weight is 777 g/mol. The highest BCUT2D eigenvalue weighted by Crippen LogP contribution is 2.46. The molecule has 0 fully saturated rings. The number of rotatable bonds is 7. The number of hydrogen-bond donors (Lipinski definition) is 0. The van der Waals surface area contributed by atoms with Gasteiger partial charge in [0.25, 0.3) is 0 Å². The molecule has 8 aromatic carbocycles. The minimum Gasteiger partial charge on any atom is -0.292 e. The molecule has 262 valence electrons. The van der Waals surface area contributed by atoms with Crippen molar-refractivity contribution in [3.63, 3.8) is 0 Å². The van der Waals surface area contributed by atoms with Crippen LogP contribution in [0, 0.1) is 0 Å². The van der Waals surface area contributed by atoms with Crippen LogP contribution in [0.1, 0.15) is 0 Å². The van der Waals surface area contributed by atoms with Crippen LogP contribution in [0.2, 0.25) is 0 Å². The van der Waals surface area contributed by atoms with Crippen LogP contribution >= 0.6 is 12.1 Å². The molecule has 0 N–H and O–H groups in total. The Morgan fingerprint density at radius 1 is 0.345 bits per heavy atom. The van der Waals surface area contributed by atoms with E-state index < -0.39 is 12.1 Å². The lowest BCUT2D eigenvalue weighted by Gasteiger charge is -2.25. The van der Waals surface area contributed by atoms with E-state index in [1.807, 2.05) is 0 Å². The Labute approximate surface area is 330 Å². The van der Waals surface area contributed by atoms with Crippen molar-refractivity contribution in [2.45, 2.75) is 0 Å². The first-order valence-corrected chi connectivity index (χ1v) is 23.9. The predicted octanol–water partition coefficient (Wildman–Crippen LogP) is 9.97. The highest BCUT2D eigenvalue weighted by atomic mass is 32.4. The Morgan fingerprint density at radius 3 is 1.31 bits per heavy atom. The quantitative estimate of drug-likeness (QED) is 0.119. The summed E-state index contributed by atoms with van der Waals surface area (Å²) in [6.45, 7) is 0. The number of imidazole rings is 1. The molecule has 0 aliphatic carbocycles. The molecule has 0 aliphatic heterocycles. The standard InChI is InChI=1S/C49H34N2P2S2/c54-52(37-18-8-2-9-19-37,38-20-10-3-11-21-38)41-27-29-43-44-30-28-42(53(55,39-22-12-4-13-23-39)40-24-14-5-15-25-40)34-47(44)51-48-32-36(35-16-6-1-7-17-35)26-31-46(48)50-49(51)45(43)33-41/h1-34H. The maximum absolute atomic E-state index is 6.87. The largest absolute Gasteiger partial charge is 0.292 e. The molecule has 0 spiro atoms. The molecule has 0 unspecified atom stereocenters. The van der Waals surface area contributed by atoms with Crippen molar-refractivity contribution in [2.24, 2.45) is 0 Å². The van der Waals surface area contributed by atoms with Gasteiger partial charge in [0.2, 0.25) is 0 Å². The van der Waals surface area contributed by atoms with Crippen LogP contribution in [-0.2, 0) is 23.6 Å². The number of pyridine rings is 1. The molecule has 2 nitrogen and oxygen atoms in total. The van der Waals surface area contributed by atoms with Gasteiger partial charge in [-0.15, -0.1) is 0 Å². The minimum atomic E-state index is -2.43. The second-order valence-electron chi connectivity index (χ2n) is 13.8. The topological polar surface area (TPSA) is 17.3 Å². The summed E-state index contributed by atoms with van der Waals surface area (Å²) >= 11 is 13.7. The third-order valence-corrected chi connectivity index (χ3v) is 20.6. The lowest BCUT2D eigenvalue weighted by molar-refractivity contribution is 1.32. The molecule has 0 atom stereocenters. The third-order valence-electron chi connectivity index (χ3n) is 10.7. The third kappa shape index (κ3) is 5.55. The number of benzene rings is 8. The first-order valence-electron chi connectivity index (χ1n) is 18.3. The fourth-order valence-electron chi connectivity index (χ4n) is 8.03. The molecule has 10 rings (SSSR count). The van der Waals surface area contributed by atoms with E-state index in [1.54, 1.807) is 0 Å². The van der Waals surface area contributed by atoms with Crippen molar-refractivity contribution in [1.82, 2.24) is 9.38 Å². The van der Waals surface area contributed by atoms with E-state index in [1.165, 1.54) is 26.8 Å². The number of nitrogens with zero attached hydrogens (tertiary/aromatic N) is 2. The molecule has 10 aromatic rings. The fourth-order valence-corrected chi connectivity index (χ4v) is 15.5. The van der Waals surface area contributed by atoms with Crippen LogP contribution in [0.15, 0.2) is 206 Å². The molecule has 0 amide bonds. The van der Waals surface area contributed by atoms with Crippen molar-refractivity contribution < 1.29 is 0 Å². The Bertz CT molecular complexity index is 3040. The zero-order valence-corrected chi connectivity index (χ0v) is 33.2. The van der Waals surface area contributed by atoms with E-state index in [9.17, 15) is 0 Å². The molecular formula is C49H34N2P2S2. The maximum Gasteiger partial charge on any atom is 0.146 e. The molecule has 6 heteroatoms. The lowest BCUT2D eigenvalue weighted by atomic mass is 10.0. The van der Waals surface area contributed by atoms with Gasteiger partial charge in [-0.2, -0.15) is 0 Å². The highest BCUT2D eigenvalue weighted by Gasteiger charge is 2.28. The average Bonchev–Trinajstić information content (AvgIpc) is 3.66. The van der Waals surface area contributed by atoms with Crippen LogP contribution in [0.5, 0.6) is 0 Å². The first-order chi connectivity index (χ1) is 27.0. The molecule has 55 heavy (non-hydrogen) atoms. The van der Waals surface area contributed by atoms with Gasteiger partial charge >= 0.3 is 0 Å². The highest BCUT2D eigenvalue weighted by molar-refractivity contribution is 8.26. The summed E-state index contributed by atoms with van der Waals surface area (Å²) in [5.41, 5.74) is 6.33. The Hall–Kier alpha value is -5.47. The van der Waals surface area contributed by atoms with Crippen LogP contribution in [0.25, 0.3) is 49.5 Å². The van der Waals surface area contributed by atoms with Crippen molar-refractivity contribution in [3.8, 4) is 11.1 Å². The van der Waals surface area contributed by atoms with E-state index in [0.29, 0.717) is 0 Å². The van der Waals surface area contributed by atoms with E-state index in [4.69, 9.17) is 28.6 Å². The molecule has 2 aromatic heterocycles. The van der Waals surface area contributed by atoms with Crippen molar-refractivity contribution in [2.75, 3.05) is 0 Å². The summed E-state index contributed by atoms with van der Waals surface area (Å²) < 4.78 is 2.37. The summed E-state index contributed by atoms with van der Waals surface area (Å²) in [5.74, 6) is 0. The Morgan fingerprint density at radius 2 is 0.800 bits per heavy atom. The molecule has 2 heterocycles. The smallest absolute Gasteiger partial charge is 0.146 e. The monoisotopic (exact) mass is 776 g/mol. The summed E-state index contributed by atoms with van der Waals surface area (Å²) in [5, 5.41) is 10.4. The van der Waals surface area contributed by atoms with Gasteiger partial charge in [0.1, 0.15) is 5.65 Å². The maximum atomic E-state index is 6.87. The van der Waals surface area contributed by atoms with E-state index in [2.05, 4.69) is 211 Å². The zero-order valence-electron chi connectivity index (χ0n) is 29.7. The van der Waals surface area contributed by atoms with Crippen molar-refractivity contribution in [1.29, 1.82) is 0 Å². The van der Waals surface area contributed by atoms with E-state index in [0.717, 1.165) is 54.5 Å². The Kier molecular flexibility index (Phi) is 8.47. The number of hydrogen-bond acceptors (Lipinski definition) is 3. The van der Waals surface area contributed by atoms with Gasteiger partial charge in [0, 0.05) is 22.8 Å². The van der Waals surface area contributed by atoms with Crippen LogP contribution in [0.4, 0.5) is 0 Å². The molecule has 0 aliphatic rings. The molecular weight excluding hydrogens is 743 g/mol. The van der Waals surface area contributed by atoms with Gasteiger partial charge in [-0.05, 0) is 72.6 Å². The van der Waals surface area contributed by atoms with Gasteiger partial charge in [-0.3, -0.25) is 4.40 Å². The molecule has 0 saturated heterocycles. The summed E-state index contributed by atoms with van der Waals surface area (Å²) in [6.07, 6.45) is 0. The molecule has 0 bridgehead atoms. The van der Waals surface area contributed by atoms with Gasteiger partial charge in [-0.25, -0.2) is 4.98 Å². The summed E-state index contributed by atoms with van der Waals surface area (Å²) in [4.78, 5) is 5.43. The van der Waals surface area contributed by atoms with Crippen molar-refractivity contribution >= 4 is 106 Å².